The largest absolute Gasteiger partial charge is 0.492 e. The van der Waals surface area contributed by atoms with Crippen LogP contribution in [0, 0.1) is 5.82 Å². The molecule has 0 aliphatic carbocycles. The van der Waals surface area contributed by atoms with E-state index in [2.05, 4.69) is 15.3 Å². The number of ether oxygens (including phenoxy) is 1. The first-order chi connectivity index (χ1) is 13.3. The fourth-order valence-corrected chi connectivity index (χ4v) is 3.08. The van der Waals surface area contributed by atoms with Crippen LogP contribution in [0.1, 0.15) is 5.56 Å². The van der Waals surface area contributed by atoms with Crippen molar-refractivity contribution in [2.24, 2.45) is 0 Å². The minimum atomic E-state index is -0.239. The van der Waals surface area contributed by atoms with Crippen molar-refractivity contribution in [1.29, 1.82) is 0 Å². The van der Waals surface area contributed by atoms with Crippen LogP contribution in [0.4, 0.5) is 4.39 Å². The van der Waals surface area contributed by atoms with E-state index in [0.717, 1.165) is 27.8 Å². The smallest absolute Gasteiger partial charge is 0.131 e. The van der Waals surface area contributed by atoms with Gasteiger partial charge in [-0.2, -0.15) is 0 Å². The van der Waals surface area contributed by atoms with Crippen molar-refractivity contribution in [3.05, 3.63) is 84.6 Å². The molecule has 0 saturated heterocycles. The predicted molar refractivity (Wildman–Crippen MR) is 105 cm³/mol. The standard InChI is InChI=1S/C22H20FN3O/c23-20-5-2-1-4-18(20)17-12-16(14-25-15-17)13-24-10-11-27-22-7-3-6-21-19(22)8-9-26-21/h1-9,12,14-15,24,26H,10-11,13H2. The zero-order valence-corrected chi connectivity index (χ0v) is 14.8. The van der Waals surface area contributed by atoms with Crippen molar-refractivity contribution in [1.82, 2.24) is 15.3 Å². The van der Waals surface area contributed by atoms with Crippen molar-refractivity contribution in [3.63, 3.8) is 0 Å². The number of aromatic amines is 1. The molecule has 2 heterocycles. The average molecular weight is 361 g/mol. The highest BCUT2D eigenvalue weighted by Crippen LogP contribution is 2.24. The van der Waals surface area contributed by atoms with Gasteiger partial charge in [0.05, 0.1) is 0 Å². The van der Waals surface area contributed by atoms with Crippen molar-refractivity contribution >= 4 is 10.9 Å². The Hall–Kier alpha value is -3.18. The lowest BCUT2D eigenvalue weighted by atomic mass is 10.1. The van der Waals surface area contributed by atoms with Crippen LogP contribution in [0.2, 0.25) is 0 Å². The molecule has 0 radical (unpaired) electrons. The van der Waals surface area contributed by atoms with Crippen LogP contribution in [0.25, 0.3) is 22.0 Å². The number of H-pyrrole nitrogens is 1. The molecule has 136 valence electrons. The molecule has 2 aromatic heterocycles. The van der Waals surface area contributed by atoms with Gasteiger partial charge in [0.25, 0.3) is 0 Å². The molecule has 0 aliphatic rings. The summed E-state index contributed by atoms with van der Waals surface area (Å²) in [5, 5.41) is 4.42. The highest BCUT2D eigenvalue weighted by Gasteiger charge is 2.06. The highest BCUT2D eigenvalue weighted by atomic mass is 19.1. The summed E-state index contributed by atoms with van der Waals surface area (Å²) in [6.07, 6.45) is 5.38. The van der Waals surface area contributed by atoms with Crippen LogP contribution in [0.3, 0.4) is 0 Å². The van der Waals surface area contributed by atoms with Gasteiger partial charge in [0.15, 0.2) is 0 Å². The van der Waals surface area contributed by atoms with Crippen LogP contribution in [-0.4, -0.2) is 23.1 Å². The number of hydrogen-bond acceptors (Lipinski definition) is 3. The predicted octanol–water partition coefficient (Wildman–Crippen LogP) is 4.54. The second kappa shape index (κ2) is 8.01. The Morgan fingerprint density at radius 2 is 1.96 bits per heavy atom. The molecule has 0 bridgehead atoms. The fourth-order valence-electron chi connectivity index (χ4n) is 3.08. The van der Waals surface area contributed by atoms with Crippen molar-refractivity contribution < 1.29 is 9.13 Å². The number of benzene rings is 2. The summed E-state index contributed by atoms with van der Waals surface area (Å²) in [6, 6.07) is 16.7. The molecule has 4 rings (SSSR count). The second-order valence-corrected chi connectivity index (χ2v) is 6.28. The van der Waals surface area contributed by atoms with E-state index in [9.17, 15) is 4.39 Å². The molecule has 0 saturated carbocycles. The first kappa shape index (κ1) is 17.2. The molecule has 0 atom stereocenters. The molecule has 4 aromatic rings. The third-order valence-electron chi connectivity index (χ3n) is 4.40. The van der Waals surface area contributed by atoms with Crippen LogP contribution < -0.4 is 10.1 Å². The maximum absolute atomic E-state index is 13.9. The van der Waals surface area contributed by atoms with E-state index in [1.807, 2.05) is 42.6 Å². The van der Waals surface area contributed by atoms with Crippen LogP contribution in [0.5, 0.6) is 5.75 Å². The normalized spacial score (nSPS) is 11.0. The molecular formula is C22H20FN3O. The van der Waals surface area contributed by atoms with Crippen molar-refractivity contribution in [2.75, 3.05) is 13.2 Å². The Labute approximate surface area is 157 Å². The molecular weight excluding hydrogens is 341 g/mol. The minimum Gasteiger partial charge on any atom is -0.492 e. The maximum atomic E-state index is 13.9. The van der Waals surface area contributed by atoms with E-state index in [1.165, 1.54) is 6.07 Å². The topological polar surface area (TPSA) is 49.9 Å². The summed E-state index contributed by atoms with van der Waals surface area (Å²) >= 11 is 0. The number of rotatable bonds is 7. The summed E-state index contributed by atoms with van der Waals surface area (Å²) in [7, 11) is 0. The van der Waals surface area contributed by atoms with Crippen LogP contribution in [-0.2, 0) is 6.54 Å². The Morgan fingerprint density at radius 3 is 2.89 bits per heavy atom. The first-order valence-corrected chi connectivity index (χ1v) is 8.90. The molecule has 0 unspecified atom stereocenters. The van der Waals surface area contributed by atoms with E-state index in [1.54, 1.807) is 24.5 Å². The number of nitrogens with one attached hydrogen (secondary N) is 2. The Kier molecular flexibility index (Phi) is 5.12. The Balaban J connectivity index is 1.31. The molecule has 4 nitrogen and oxygen atoms in total. The lowest BCUT2D eigenvalue weighted by Gasteiger charge is -2.09. The van der Waals surface area contributed by atoms with E-state index in [0.29, 0.717) is 25.3 Å². The monoisotopic (exact) mass is 361 g/mol. The van der Waals surface area contributed by atoms with E-state index >= 15 is 0 Å². The maximum Gasteiger partial charge on any atom is 0.131 e. The summed E-state index contributed by atoms with van der Waals surface area (Å²) in [5.41, 5.74) is 3.41. The van der Waals surface area contributed by atoms with Crippen LogP contribution in [0.15, 0.2) is 73.2 Å². The van der Waals surface area contributed by atoms with Gasteiger partial charge in [-0.05, 0) is 35.9 Å². The zero-order valence-electron chi connectivity index (χ0n) is 14.8. The third kappa shape index (κ3) is 3.99. The second-order valence-electron chi connectivity index (χ2n) is 6.28. The van der Waals surface area contributed by atoms with E-state index < -0.39 is 0 Å². The van der Waals surface area contributed by atoms with Crippen molar-refractivity contribution in [2.45, 2.75) is 6.54 Å². The summed E-state index contributed by atoms with van der Waals surface area (Å²) in [4.78, 5) is 7.41. The number of pyridine rings is 1. The van der Waals surface area contributed by atoms with Gasteiger partial charge in [-0.1, -0.05) is 24.3 Å². The highest BCUT2D eigenvalue weighted by molar-refractivity contribution is 5.85. The van der Waals surface area contributed by atoms with Gasteiger partial charge in [0, 0.05) is 53.7 Å². The van der Waals surface area contributed by atoms with E-state index in [4.69, 9.17) is 4.74 Å². The lowest BCUT2D eigenvalue weighted by molar-refractivity contribution is 0.317. The average Bonchev–Trinajstić information content (AvgIpc) is 3.18. The number of nitrogens with zero attached hydrogens (tertiary/aromatic N) is 1. The minimum absolute atomic E-state index is 0.239. The fraction of sp³-hybridized carbons (Fsp3) is 0.136. The molecule has 2 aromatic carbocycles. The molecule has 0 amide bonds. The van der Waals surface area contributed by atoms with Gasteiger partial charge in [-0.3, -0.25) is 4.98 Å². The number of halogens is 1. The summed E-state index contributed by atoms with van der Waals surface area (Å²) < 4.78 is 19.8. The zero-order chi connectivity index (χ0) is 18.5. The molecule has 0 aliphatic heterocycles. The molecule has 0 spiro atoms. The van der Waals surface area contributed by atoms with Gasteiger partial charge in [0.1, 0.15) is 18.2 Å². The summed E-state index contributed by atoms with van der Waals surface area (Å²) in [5.74, 6) is 0.635. The molecule has 0 fully saturated rings. The Bertz CT molecular complexity index is 1040. The Morgan fingerprint density at radius 1 is 1.04 bits per heavy atom. The van der Waals surface area contributed by atoms with Gasteiger partial charge in [-0.15, -0.1) is 0 Å². The van der Waals surface area contributed by atoms with Gasteiger partial charge in [0.2, 0.25) is 0 Å². The third-order valence-corrected chi connectivity index (χ3v) is 4.40. The lowest BCUT2D eigenvalue weighted by Crippen LogP contribution is -2.20. The van der Waals surface area contributed by atoms with Crippen molar-refractivity contribution in [3.8, 4) is 16.9 Å². The van der Waals surface area contributed by atoms with Gasteiger partial charge >= 0.3 is 0 Å². The first-order valence-electron chi connectivity index (χ1n) is 8.90. The quantitative estimate of drug-likeness (QED) is 0.475. The van der Waals surface area contributed by atoms with Crippen LogP contribution >= 0.6 is 0 Å². The number of fused-ring (bicyclic) bond motifs is 1. The number of aromatic nitrogens is 2. The summed E-state index contributed by atoms with van der Waals surface area (Å²) in [6.45, 7) is 1.91. The molecule has 5 heteroatoms. The molecule has 27 heavy (non-hydrogen) atoms. The van der Waals surface area contributed by atoms with Gasteiger partial charge in [-0.25, -0.2) is 4.39 Å². The molecule has 2 N–H and O–H groups in total. The van der Waals surface area contributed by atoms with Gasteiger partial charge < -0.3 is 15.0 Å². The number of hydrogen-bond donors (Lipinski definition) is 2. The SMILES string of the molecule is Fc1ccccc1-c1cncc(CNCCOc2cccc3[nH]ccc23)c1. The van der Waals surface area contributed by atoms with E-state index in [-0.39, 0.29) is 5.82 Å².